The predicted molar refractivity (Wildman–Crippen MR) is 86.8 cm³/mol. The van der Waals surface area contributed by atoms with Gasteiger partial charge in [0.25, 0.3) is 5.91 Å². The summed E-state index contributed by atoms with van der Waals surface area (Å²) in [5.74, 6) is 0.0150. The minimum absolute atomic E-state index is 0.198. The zero-order chi connectivity index (χ0) is 16.4. The van der Waals surface area contributed by atoms with E-state index in [-0.39, 0.29) is 23.4 Å². The predicted octanol–water partition coefficient (Wildman–Crippen LogP) is 3.95. The standard InChI is InChI=1S/C17H19ClFN3O/c1-11-5-6-13(14(19)7-11)10-22(9-12-3-2-4-12)17(23)15-8-16(18)21-20-15/h5-8,12H,2-4,9-10H2,1H3,(H,20,21). The van der Waals surface area contributed by atoms with E-state index < -0.39 is 0 Å². The van der Waals surface area contributed by atoms with Gasteiger partial charge in [-0.2, -0.15) is 5.10 Å². The van der Waals surface area contributed by atoms with E-state index in [1.54, 1.807) is 11.0 Å². The number of carbonyl (C=O) groups is 1. The van der Waals surface area contributed by atoms with Gasteiger partial charge in [-0.15, -0.1) is 0 Å². The van der Waals surface area contributed by atoms with Gasteiger partial charge >= 0.3 is 0 Å². The van der Waals surface area contributed by atoms with Crippen molar-refractivity contribution < 1.29 is 9.18 Å². The Labute approximate surface area is 139 Å². The molecule has 1 aliphatic carbocycles. The first-order valence-electron chi connectivity index (χ1n) is 7.78. The number of nitrogens with zero attached hydrogens (tertiary/aromatic N) is 2. The molecule has 3 rings (SSSR count). The highest BCUT2D eigenvalue weighted by Gasteiger charge is 2.26. The topological polar surface area (TPSA) is 49.0 Å². The van der Waals surface area contributed by atoms with Crippen molar-refractivity contribution in [2.24, 2.45) is 5.92 Å². The molecule has 6 heteroatoms. The fourth-order valence-corrected chi connectivity index (χ4v) is 2.92. The Morgan fingerprint density at radius 3 is 2.78 bits per heavy atom. The van der Waals surface area contributed by atoms with E-state index in [1.165, 1.54) is 18.6 Å². The SMILES string of the molecule is Cc1ccc(CN(CC2CCC2)C(=O)c2cc(Cl)n[nH]2)c(F)c1. The summed E-state index contributed by atoms with van der Waals surface area (Å²) in [5.41, 5.74) is 1.72. The van der Waals surface area contributed by atoms with Crippen LogP contribution < -0.4 is 0 Å². The number of aromatic amines is 1. The second-order valence-electron chi connectivity index (χ2n) is 6.18. The van der Waals surface area contributed by atoms with Crippen molar-refractivity contribution in [2.75, 3.05) is 6.54 Å². The molecule has 1 aromatic carbocycles. The van der Waals surface area contributed by atoms with Gasteiger partial charge in [0, 0.05) is 24.7 Å². The number of halogens is 2. The molecule has 23 heavy (non-hydrogen) atoms. The second kappa shape index (κ2) is 6.71. The fraction of sp³-hybridized carbons (Fsp3) is 0.412. The van der Waals surface area contributed by atoms with Crippen molar-refractivity contribution in [2.45, 2.75) is 32.7 Å². The first kappa shape index (κ1) is 16.0. The van der Waals surface area contributed by atoms with E-state index in [9.17, 15) is 9.18 Å². The van der Waals surface area contributed by atoms with Crippen molar-refractivity contribution in [3.63, 3.8) is 0 Å². The molecule has 0 atom stereocenters. The molecule has 1 fully saturated rings. The van der Waals surface area contributed by atoms with Gasteiger partial charge in [-0.05, 0) is 37.3 Å². The smallest absolute Gasteiger partial charge is 0.272 e. The lowest BCUT2D eigenvalue weighted by Gasteiger charge is -2.32. The van der Waals surface area contributed by atoms with Gasteiger partial charge in [0.1, 0.15) is 11.5 Å². The maximum Gasteiger partial charge on any atom is 0.272 e. The summed E-state index contributed by atoms with van der Waals surface area (Å²) in [7, 11) is 0. The lowest BCUT2D eigenvalue weighted by atomic mass is 9.85. The quantitative estimate of drug-likeness (QED) is 0.899. The molecule has 4 nitrogen and oxygen atoms in total. The number of benzene rings is 1. The summed E-state index contributed by atoms with van der Waals surface area (Å²) in [4.78, 5) is 14.4. The molecule has 1 N–H and O–H groups in total. The molecule has 2 aromatic rings. The van der Waals surface area contributed by atoms with E-state index in [2.05, 4.69) is 10.2 Å². The van der Waals surface area contributed by atoms with Crippen LogP contribution in [0, 0.1) is 18.7 Å². The van der Waals surface area contributed by atoms with Crippen LogP contribution in [0.3, 0.4) is 0 Å². The summed E-state index contributed by atoms with van der Waals surface area (Å²) >= 11 is 5.78. The number of nitrogens with one attached hydrogen (secondary N) is 1. The molecule has 0 bridgehead atoms. The Kier molecular flexibility index (Phi) is 4.66. The fourth-order valence-electron chi connectivity index (χ4n) is 2.77. The normalized spacial score (nSPS) is 14.6. The molecule has 122 valence electrons. The van der Waals surface area contributed by atoms with Crippen molar-refractivity contribution >= 4 is 17.5 Å². The second-order valence-corrected chi connectivity index (χ2v) is 6.57. The van der Waals surface area contributed by atoms with Gasteiger partial charge in [-0.3, -0.25) is 9.89 Å². The Balaban J connectivity index is 1.81. The lowest BCUT2D eigenvalue weighted by Crippen LogP contribution is -2.37. The van der Waals surface area contributed by atoms with Gasteiger partial charge in [0.2, 0.25) is 0 Å². The van der Waals surface area contributed by atoms with Crippen LogP contribution in [0.5, 0.6) is 0 Å². The van der Waals surface area contributed by atoms with Gasteiger partial charge in [-0.25, -0.2) is 4.39 Å². The van der Waals surface area contributed by atoms with Crippen LogP contribution in [0.25, 0.3) is 0 Å². The van der Waals surface area contributed by atoms with E-state index in [1.807, 2.05) is 13.0 Å². The lowest BCUT2D eigenvalue weighted by molar-refractivity contribution is 0.0671. The number of amides is 1. The number of H-pyrrole nitrogens is 1. The molecular formula is C17H19ClFN3O. The average Bonchev–Trinajstić information content (AvgIpc) is 2.89. The highest BCUT2D eigenvalue weighted by molar-refractivity contribution is 6.29. The minimum atomic E-state index is -0.279. The third-order valence-electron chi connectivity index (χ3n) is 4.34. The van der Waals surface area contributed by atoms with Gasteiger partial charge in [-0.1, -0.05) is 30.2 Å². The third-order valence-corrected chi connectivity index (χ3v) is 4.53. The van der Waals surface area contributed by atoms with E-state index in [0.717, 1.165) is 18.4 Å². The van der Waals surface area contributed by atoms with E-state index in [4.69, 9.17) is 11.6 Å². The van der Waals surface area contributed by atoms with E-state index in [0.29, 0.717) is 23.7 Å². The van der Waals surface area contributed by atoms with Gasteiger partial charge in [0.05, 0.1) is 0 Å². The Hall–Kier alpha value is -1.88. The summed E-state index contributed by atoms with van der Waals surface area (Å²) in [5, 5.41) is 6.67. The Bertz CT molecular complexity index is 712. The first-order chi connectivity index (χ1) is 11.0. The number of aromatic nitrogens is 2. The van der Waals surface area contributed by atoms with Gasteiger partial charge in [0.15, 0.2) is 5.15 Å². The molecule has 1 saturated carbocycles. The molecule has 0 saturated heterocycles. The van der Waals surface area contributed by atoms with Crippen LogP contribution >= 0.6 is 11.6 Å². The molecule has 1 amide bonds. The molecule has 1 aromatic heterocycles. The highest BCUT2D eigenvalue weighted by atomic mass is 35.5. The molecule has 1 heterocycles. The molecule has 0 unspecified atom stereocenters. The minimum Gasteiger partial charge on any atom is -0.333 e. The number of aryl methyl sites for hydroxylation is 1. The highest BCUT2D eigenvalue weighted by Crippen LogP contribution is 2.28. The van der Waals surface area contributed by atoms with Crippen molar-refractivity contribution in [3.05, 3.63) is 52.1 Å². The molecule has 0 radical (unpaired) electrons. The molecule has 1 aliphatic rings. The van der Waals surface area contributed by atoms with Crippen molar-refractivity contribution in [1.29, 1.82) is 0 Å². The van der Waals surface area contributed by atoms with E-state index >= 15 is 0 Å². The van der Waals surface area contributed by atoms with Crippen LogP contribution in [-0.2, 0) is 6.54 Å². The maximum absolute atomic E-state index is 14.1. The number of hydrogen-bond acceptors (Lipinski definition) is 2. The first-order valence-corrected chi connectivity index (χ1v) is 8.16. The maximum atomic E-state index is 14.1. The van der Waals surface area contributed by atoms with Crippen LogP contribution in [0.4, 0.5) is 4.39 Å². The summed E-state index contributed by atoms with van der Waals surface area (Å²) < 4.78 is 14.1. The average molecular weight is 336 g/mol. The third kappa shape index (κ3) is 3.72. The summed E-state index contributed by atoms with van der Waals surface area (Å²) in [6, 6.07) is 6.60. The summed E-state index contributed by atoms with van der Waals surface area (Å²) in [6.07, 6.45) is 3.43. The van der Waals surface area contributed by atoms with Crippen LogP contribution in [0.15, 0.2) is 24.3 Å². The zero-order valence-electron chi connectivity index (χ0n) is 13.0. The zero-order valence-corrected chi connectivity index (χ0v) is 13.7. The van der Waals surface area contributed by atoms with Crippen molar-refractivity contribution in [1.82, 2.24) is 15.1 Å². The molecule has 0 aliphatic heterocycles. The number of rotatable bonds is 5. The van der Waals surface area contributed by atoms with Crippen LogP contribution in [-0.4, -0.2) is 27.5 Å². The van der Waals surface area contributed by atoms with Crippen molar-refractivity contribution in [3.8, 4) is 0 Å². The summed E-state index contributed by atoms with van der Waals surface area (Å²) in [6.45, 7) is 2.72. The molecular weight excluding hydrogens is 317 g/mol. The van der Waals surface area contributed by atoms with Crippen LogP contribution in [0.1, 0.15) is 40.9 Å². The number of carbonyl (C=O) groups excluding carboxylic acids is 1. The van der Waals surface area contributed by atoms with Gasteiger partial charge < -0.3 is 4.90 Å². The number of hydrogen-bond donors (Lipinski definition) is 1. The largest absolute Gasteiger partial charge is 0.333 e. The Morgan fingerprint density at radius 1 is 1.43 bits per heavy atom. The molecule has 0 spiro atoms. The Morgan fingerprint density at radius 2 is 2.22 bits per heavy atom. The monoisotopic (exact) mass is 335 g/mol. The van der Waals surface area contributed by atoms with Crippen LogP contribution in [0.2, 0.25) is 5.15 Å².